The van der Waals surface area contributed by atoms with Gasteiger partial charge in [-0.15, -0.1) is 0 Å². The second-order valence-electron chi connectivity index (χ2n) is 5.74. The number of nitro benzene ring substituents is 1. The smallest absolute Gasteiger partial charge is 0.331 e. The molecule has 1 unspecified atom stereocenters. The van der Waals surface area contributed by atoms with Crippen molar-refractivity contribution < 1.29 is 23.6 Å². The predicted octanol–water partition coefficient (Wildman–Crippen LogP) is 3.01. The summed E-state index contributed by atoms with van der Waals surface area (Å²) in [5.74, 6) is -2.57. The Labute approximate surface area is 163 Å². The molecule has 2 rings (SSSR count). The predicted molar refractivity (Wildman–Crippen MR) is 99.2 cm³/mol. The fourth-order valence-corrected chi connectivity index (χ4v) is 2.47. The molecule has 2 aromatic rings. The number of ether oxygens (including phenoxy) is 1. The molecule has 28 heavy (non-hydrogen) atoms. The van der Waals surface area contributed by atoms with Gasteiger partial charge in [-0.3, -0.25) is 19.6 Å². The number of amides is 1. The maximum Gasteiger partial charge on any atom is 0.331 e. The van der Waals surface area contributed by atoms with Gasteiger partial charge in [-0.25, -0.2) is 4.79 Å². The van der Waals surface area contributed by atoms with E-state index in [1.54, 1.807) is 14.0 Å². The third-order valence-electron chi connectivity index (χ3n) is 3.65. The van der Waals surface area contributed by atoms with Gasteiger partial charge in [0.2, 0.25) is 5.82 Å². The second kappa shape index (κ2) is 8.61. The average molecular weight is 411 g/mol. The molecule has 1 amide bonds. The Morgan fingerprint density at radius 3 is 2.71 bits per heavy atom. The van der Waals surface area contributed by atoms with Crippen LogP contribution in [-0.4, -0.2) is 32.7 Å². The molecule has 1 heterocycles. The van der Waals surface area contributed by atoms with Crippen molar-refractivity contribution in [1.82, 2.24) is 9.78 Å². The summed E-state index contributed by atoms with van der Waals surface area (Å²) in [5, 5.41) is 17.5. The van der Waals surface area contributed by atoms with Crippen molar-refractivity contribution in [2.45, 2.75) is 20.0 Å². The summed E-state index contributed by atoms with van der Waals surface area (Å²) in [6.07, 6.45) is 1.32. The zero-order chi connectivity index (χ0) is 21.0. The van der Waals surface area contributed by atoms with Crippen LogP contribution in [0.15, 0.2) is 24.3 Å². The highest BCUT2D eigenvalue weighted by Gasteiger charge is 2.20. The number of anilines is 1. The number of esters is 1. The van der Waals surface area contributed by atoms with Crippen LogP contribution in [0.5, 0.6) is 0 Å². The van der Waals surface area contributed by atoms with E-state index < -0.39 is 34.4 Å². The lowest BCUT2D eigenvalue weighted by molar-refractivity contribution is -0.387. The Hall–Kier alpha value is -3.27. The monoisotopic (exact) mass is 410 g/mol. The third kappa shape index (κ3) is 4.92. The molecule has 1 atom stereocenters. The van der Waals surface area contributed by atoms with Crippen LogP contribution in [0.3, 0.4) is 0 Å². The summed E-state index contributed by atoms with van der Waals surface area (Å²) >= 11 is 6.05. The van der Waals surface area contributed by atoms with Crippen LogP contribution in [0.2, 0.25) is 5.15 Å². The Balaban J connectivity index is 2.00. The van der Waals surface area contributed by atoms with E-state index in [0.717, 1.165) is 24.3 Å². The molecule has 148 valence electrons. The van der Waals surface area contributed by atoms with Gasteiger partial charge < -0.3 is 10.1 Å². The van der Waals surface area contributed by atoms with Crippen molar-refractivity contribution in [1.29, 1.82) is 0 Å². The number of aromatic nitrogens is 2. The molecule has 0 aliphatic carbocycles. The number of hydrogen-bond donors (Lipinski definition) is 1. The van der Waals surface area contributed by atoms with E-state index >= 15 is 0 Å². The van der Waals surface area contributed by atoms with E-state index in [4.69, 9.17) is 16.3 Å². The van der Waals surface area contributed by atoms with Crippen LogP contribution >= 0.6 is 11.6 Å². The zero-order valence-corrected chi connectivity index (χ0v) is 15.9. The Morgan fingerprint density at radius 2 is 2.14 bits per heavy atom. The van der Waals surface area contributed by atoms with Crippen molar-refractivity contribution in [3.63, 3.8) is 0 Å². The first-order valence-electron chi connectivity index (χ1n) is 7.92. The summed E-state index contributed by atoms with van der Waals surface area (Å²) < 4.78 is 19.7. The highest BCUT2D eigenvalue weighted by Crippen LogP contribution is 2.22. The van der Waals surface area contributed by atoms with E-state index in [2.05, 4.69) is 10.4 Å². The first-order chi connectivity index (χ1) is 13.1. The zero-order valence-electron chi connectivity index (χ0n) is 15.1. The number of nitrogens with one attached hydrogen (secondary N) is 1. The van der Waals surface area contributed by atoms with Crippen LogP contribution in [0, 0.1) is 22.9 Å². The maximum atomic E-state index is 13.3. The summed E-state index contributed by atoms with van der Waals surface area (Å²) in [6, 6.07) is 2.88. The molecule has 11 heteroatoms. The van der Waals surface area contributed by atoms with E-state index in [9.17, 15) is 24.1 Å². The van der Waals surface area contributed by atoms with Gasteiger partial charge >= 0.3 is 11.7 Å². The minimum Gasteiger partial charge on any atom is -0.449 e. The molecule has 0 radical (unpaired) electrons. The Bertz CT molecular complexity index is 973. The molecule has 0 fully saturated rings. The number of aryl methyl sites for hydroxylation is 2. The molecule has 0 saturated heterocycles. The van der Waals surface area contributed by atoms with E-state index in [0.29, 0.717) is 16.4 Å². The molecular weight excluding hydrogens is 395 g/mol. The van der Waals surface area contributed by atoms with Gasteiger partial charge in [0.05, 0.1) is 10.6 Å². The highest BCUT2D eigenvalue weighted by molar-refractivity contribution is 6.31. The number of benzene rings is 1. The fraction of sp³-hybridized carbons (Fsp3) is 0.235. The van der Waals surface area contributed by atoms with Crippen molar-refractivity contribution in [3.8, 4) is 0 Å². The molecule has 0 aliphatic heterocycles. The molecule has 0 saturated carbocycles. The summed E-state index contributed by atoms with van der Waals surface area (Å²) in [7, 11) is 1.65. The third-order valence-corrected chi connectivity index (χ3v) is 4.10. The van der Waals surface area contributed by atoms with Crippen molar-refractivity contribution in [2.75, 3.05) is 5.32 Å². The molecule has 1 aromatic carbocycles. The number of nitrogens with zero attached hydrogens (tertiary/aromatic N) is 3. The first-order valence-corrected chi connectivity index (χ1v) is 8.30. The quantitative estimate of drug-likeness (QED) is 0.338. The van der Waals surface area contributed by atoms with Crippen molar-refractivity contribution >= 4 is 40.9 Å². The average Bonchev–Trinajstić information content (AvgIpc) is 2.86. The number of carbonyl (C=O) groups is 2. The first kappa shape index (κ1) is 21.0. The maximum absolute atomic E-state index is 13.3. The topological polar surface area (TPSA) is 116 Å². The van der Waals surface area contributed by atoms with Gasteiger partial charge in [-0.1, -0.05) is 11.6 Å². The summed E-state index contributed by atoms with van der Waals surface area (Å²) in [6.45, 7) is 3.04. The van der Waals surface area contributed by atoms with Crippen molar-refractivity contribution in [3.05, 3.63) is 56.6 Å². The van der Waals surface area contributed by atoms with E-state index in [1.165, 1.54) is 17.7 Å². The number of rotatable bonds is 6. The minimum absolute atomic E-state index is 0.00527. The Kier molecular flexibility index (Phi) is 6.47. The summed E-state index contributed by atoms with van der Waals surface area (Å²) in [5.41, 5.74) is 0.362. The van der Waals surface area contributed by atoms with Gasteiger partial charge in [0, 0.05) is 30.4 Å². The molecule has 0 aliphatic rings. The van der Waals surface area contributed by atoms with Crippen LogP contribution in [0.25, 0.3) is 6.08 Å². The number of halogens is 2. The second-order valence-corrected chi connectivity index (χ2v) is 6.10. The van der Waals surface area contributed by atoms with Gasteiger partial charge in [-0.05, 0) is 32.1 Å². The Morgan fingerprint density at radius 1 is 1.46 bits per heavy atom. The van der Waals surface area contributed by atoms with Crippen LogP contribution in [-0.2, 0) is 21.4 Å². The lowest BCUT2D eigenvalue weighted by atomic mass is 10.2. The number of carbonyl (C=O) groups excluding carboxylic acids is 2. The van der Waals surface area contributed by atoms with Crippen LogP contribution in [0.4, 0.5) is 15.8 Å². The normalized spacial score (nSPS) is 12.0. The standard InChI is InChI=1S/C17H16ClFN4O5/c1-9-12(16(18)22(3)21-9)5-7-15(24)28-10(2)17(25)20-11-4-6-13(19)14(8-11)23(26)27/h4-8,10H,1-3H3,(H,20,25)/b7-5+. The number of hydrogen-bond acceptors (Lipinski definition) is 6. The molecule has 9 nitrogen and oxygen atoms in total. The van der Waals surface area contributed by atoms with Crippen molar-refractivity contribution in [2.24, 2.45) is 7.05 Å². The molecule has 1 N–H and O–H groups in total. The highest BCUT2D eigenvalue weighted by atomic mass is 35.5. The van der Waals surface area contributed by atoms with Gasteiger partial charge in [0.15, 0.2) is 6.10 Å². The van der Waals surface area contributed by atoms with Gasteiger partial charge in [0.1, 0.15) is 5.15 Å². The van der Waals surface area contributed by atoms with E-state index in [-0.39, 0.29) is 5.69 Å². The fourth-order valence-electron chi connectivity index (χ4n) is 2.23. The molecule has 0 spiro atoms. The minimum atomic E-state index is -1.20. The van der Waals surface area contributed by atoms with Gasteiger partial charge in [0.25, 0.3) is 5.91 Å². The number of nitro groups is 1. The lowest BCUT2D eigenvalue weighted by Gasteiger charge is -2.12. The van der Waals surface area contributed by atoms with Crippen LogP contribution < -0.4 is 5.32 Å². The molecule has 1 aromatic heterocycles. The molecular formula is C17H16ClFN4O5. The summed E-state index contributed by atoms with van der Waals surface area (Å²) in [4.78, 5) is 33.8. The SMILES string of the molecule is Cc1nn(C)c(Cl)c1/C=C/C(=O)OC(C)C(=O)Nc1ccc(F)c([N+](=O)[O-])c1. The van der Waals surface area contributed by atoms with Gasteiger partial charge in [-0.2, -0.15) is 9.49 Å². The van der Waals surface area contributed by atoms with Crippen LogP contribution in [0.1, 0.15) is 18.2 Å². The lowest BCUT2D eigenvalue weighted by Crippen LogP contribution is -2.29. The molecule has 0 bridgehead atoms. The van der Waals surface area contributed by atoms with E-state index in [1.807, 2.05) is 0 Å². The largest absolute Gasteiger partial charge is 0.449 e.